The third-order valence-electron chi connectivity index (χ3n) is 17.7. The monoisotopic (exact) mass is 1390 g/mol. The molecule has 560 valence electrons. The van der Waals surface area contributed by atoms with Crippen molar-refractivity contribution in [1.82, 2.24) is 0 Å². The highest BCUT2D eigenvalue weighted by molar-refractivity contribution is 7.47. The van der Waals surface area contributed by atoms with Crippen molar-refractivity contribution in [3.8, 4) is 0 Å². The summed E-state index contributed by atoms with van der Waals surface area (Å²) in [6.45, 7) is 11.9. The van der Waals surface area contributed by atoms with Crippen molar-refractivity contribution in [2.24, 2.45) is 17.8 Å². The van der Waals surface area contributed by atoms with E-state index in [2.05, 4.69) is 72.8 Å². The fourth-order valence-corrected chi connectivity index (χ4v) is 12.6. The summed E-state index contributed by atoms with van der Waals surface area (Å²) in [5.41, 5.74) is 0. The number of aliphatic hydroxyl groups excluding tert-OH is 1. The number of hydrogen-bond acceptors (Lipinski definition) is 15. The number of phosphoric ester groups is 2. The SMILES string of the molecule is CCCCCC/C=C\C=C/CCCCCCCC(=O)O[C@H](COC(=O)CCCCCCCCCCCCC(C)CC)COP(=O)(O)OC[C@@H](O)COP(=O)(O)OC[C@@H](COC(=O)CCCCCCCCCCCC(C)C)OC(=O)CCCCCCCCCCCCC(C)CC. The number of carbonyl (C=O) groups is 4. The first-order valence-corrected chi connectivity index (χ1v) is 41.7. The van der Waals surface area contributed by atoms with Crippen LogP contribution in [0.4, 0.5) is 0 Å². The lowest BCUT2D eigenvalue weighted by molar-refractivity contribution is -0.161. The lowest BCUT2D eigenvalue weighted by Gasteiger charge is -2.21. The zero-order chi connectivity index (χ0) is 70.1. The summed E-state index contributed by atoms with van der Waals surface area (Å²) in [7, 11) is -9.93. The molecule has 0 saturated heterocycles. The number of hydrogen-bond donors (Lipinski definition) is 3. The molecule has 0 spiro atoms. The van der Waals surface area contributed by atoms with Crippen LogP contribution in [-0.2, 0) is 65.4 Å². The van der Waals surface area contributed by atoms with Crippen LogP contribution in [0.3, 0.4) is 0 Å². The molecule has 17 nitrogen and oxygen atoms in total. The first-order valence-electron chi connectivity index (χ1n) is 38.7. The molecule has 0 saturated carbocycles. The third kappa shape index (κ3) is 67.2. The Morgan fingerprint density at radius 2 is 0.621 bits per heavy atom. The lowest BCUT2D eigenvalue weighted by atomic mass is 9.99. The Hall–Kier alpha value is -2.46. The fraction of sp³-hybridized carbons (Fsp3) is 0.895. The average Bonchev–Trinajstić information content (AvgIpc) is 1.47. The van der Waals surface area contributed by atoms with Gasteiger partial charge in [-0.1, -0.05) is 310 Å². The average molecular weight is 1390 g/mol. The van der Waals surface area contributed by atoms with Gasteiger partial charge in [-0.2, -0.15) is 0 Å². The highest BCUT2D eigenvalue weighted by Crippen LogP contribution is 2.45. The van der Waals surface area contributed by atoms with E-state index in [1.54, 1.807) is 0 Å². The number of unbranched alkanes of at least 4 members (excludes halogenated alkanes) is 35. The summed E-state index contributed by atoms with van der Waals surface area (Å²) in [5, 5.41) is 10.6. The van der Waals surface area contributed by atoms with Gasteiger partial charge >= 0.3 is 39.5 Å². The van der Waals surface area contributed by atoms with E-state index in [1.165, 1.54) is 161 Å². The molecule has 0 aromatic rings. The first-order chi connectivity index (χ1) is 45.8. The molecule has 0 rings (SSSR count). The molecule has 0 aliphatic carbocycles. The minimum atomic E-state index is -4.97. The van der Waals surface area contributed by atoms with Crippen molar-refractivity contribution < 1.29 is 80.2 Å². The lowest BCUT2D eigenvalue weighted by Crippen LogP contribution is -2.30. The predicted molar refractivity (Wildman–Crippen MR) is 386 cm³/mol. The molecule has 0 bridgehead atoms. The minimum Gasteiger partial charge on any atom is -0.462 e. The molecule has 0 aliphatic rings. The molecule has 3 N–H and O–H groups in total. The van der Waals surface area contributed by atoms with Gasteiger partial charge in [-0.15, -0.1) is 0 Å². The molecule has 0 aliphatic heterocycles. The van der Waals surface area contributed by atoms with Gasteiger partial charge in [0.05, 0.1) is 26.4 Å². The smallest absolute Gasteiger partial charge is 0.462 e. The van der Waals surface area contributed by atoms with Gasteiger partial charge in [0.25, 0.3) is 0 Å². The van der Waals surface area contributed by atoms with E-state index in [0.29, 0.717) is 25.7 Å². The number of carbonyl (C=O) groups excluding carboxylic acids is 4. The number of aliphatic hydroxyl groups is 1. The Morgan fingerprint density at radius 3 is 0.937 bits per heavy atom. The first kappa shape index (κ1) is 92.5. The maximum Gasteiger partial charge on any atom is 0.472 e. The molecule has 0 aromatic heterocycles. The fourth-order valence-electron chi connectivity index (χ4n) is 11.0. The van der Waals surface area contributed by atoms with E-state index in [9.17, 15) is 43.2 Å². The van der Waals surface area contributed by atoms with Gasteiger partial charge in [0.1, 0.15) is 19.3 Å². The van der Waals surface area contributed by atoms with E-state index < -0.39 is 97.5 Å². The summed E-state index contributed by atoms with van der Waals surface area (Å²) in [4.78, 5) is 72.8. The second-order valence-electron chi connectivity index (χ2n) is 27.7. The van der Waals surface area contributed by atoms with Gasteiger partial charge < -0.3 is 33.8 Å². The predicted octanol–water partition coefficient (Wildman–Crippen LogP) is 21.7. The molecular weight excluding hydrogens is 1250 g/mol. The molecular formula is C76H144O17P2. The zero-order valence-corrected chi connectivity index (χ0v) is 63.4. The summed E-state index contributed by atoms with van der Waals surface area (Å²) >= 11 is 0. The Labute approximate surface area is 580 Å². The Kier molecular flexibility index (Phi) is 64.4. The molecule has 19 heteroatoms. The van der Waals surface area contributed by atoms with E-state index in [-0.39, 0.29) is 25.7 Å². The molecule has 7 atom stereocenters. The standard InChI is InChI=1S/C76H144O17P2/c1-8-11-12-13-14-15-16-17-18-19-20-30-38-45-52-59-75(80)92-71(63-86-73(78)57-50-43-36-29-23-21-27-34-41-48-55-68(6)9-2)65-90-94(82,83)88-61-70(77)62-89-95(84,85)91-66-72(64-87-74(79)58-51-44-37-32-25-26-33-40-47-54-67(4)5)93-76(81)60-53-46-39-31-24-22-28-35-42-49-56-69(7)10-3/h15-18,67-72,77H,8-14,19-66H2,1-7H3,(H,82,83)(H,84,85)/b16-15-,18-17-/t68?,69?,70-,71-,72-/m1/s1. The molecule has 0 aromatic carbocycles. The molecule has 4 unspecified atom stereocenters. The van der Waals surface area contributed by atoms with Gasteiger partial charge in [0.15, 0.2) is 12.2 Å². The summed E-state index contributed by atoms with van der Waals surface area (Å²) < 4.78 is 68.5. The van der Waals surface area contributed by atoms with Crippen molar-refractivity contribution in [2.75, 3.05) is 39.6 Å². The van der Waals surface area contributed by atoms with E-state index >= 15 is 0 Å². The number of ether oxygens (including phenoxy) is 4. The van der Waals surface area contributed by atoms with Gasteiger partial charge in [-0.25, -0.2) is 9.13 Å². The van der Waals surface area contributed by atoms with Crippen molar-refractivity contribution >= 4 is 39.5 Å². The van der Waals surface area contributed by atoms with Crippen LogP contribution in [0.2, 0.25) is 0 Å². The minimum absolute atomic E-state index is 0.0845. The van der Waals surface area contributed by atoms with Crippen molar-refractivity contribution in [2.45, 2.75) is 381 Å². The molecule has 95 heavy (non-hydrogen) atoms. The summed E-state index contributed by atoms with van der Waals surface area (Å²) in [6.07, 6.45) is 54.7. The number of allylic oxidation sites excluding steroid dienone is 4. The number of rotatable bonds is 72. The maximum atomic E-state index is 13.1. The van der Waals surface area contributed by atoms with Gasteiger partial charge in [0, 0.05) is 25.7 Å². The second-order valence-corrected chi connectivity index (χ2v) is 30.6. The molecule has 0 heterocycles. The van der Waals surface area contributed by atoms with E-state index in [1.807, 2.05) is 0 Å². The van der Waals surface area contributed by atoms with Gasteiger partial charge in [0.2, 0.25) is 0 Å². The van der Waals surface area contributed by atoms with Crippen LogP contribution < -0.4 is 0 Å². The van der Waals surface area contributed by atoms with E-state index in [0.717, 1.165) is 120 Å². The molecule has 0 amide bonds. The van der Waals surface area contributed by atoms with Crippen LogP contribution in [0.25, 0.3) is 0 Å². The topological polar surface area (TPSA) is 237 Å². The second kappa shape index (κ2) is 66.1. The maximum absolute atomic E-state index is 13.1. The van der Waals surface area contributed by atoms with Crippen LogP contribution >= 0.6 is 15.6 Å². The van der Waals surface area contributed by atoms with Crippen LogP contribution in [0.1, 0.15) is 363 Å². The number of esters is 4. The van der Waals surface area contributed by atoms with Crippen molar-refractivity contribution in [3.05, 3.63) is 24.3 Å². The molecule has 0 fully saturated rings. The third-order valence-corrected chi connectivity index (χ3v) is 19.6. The van der Waals surface area contributed by atoms with Crippen LogP contribution in [0.15, 0.2) is 24.3 Å². The van der Waals surface area contributed by atoms with Gasteiger partial charge in [-0.3, -0.25) is 37.3 Å². The number of phosphoric acid groups is 2. The van der Waals surface area contributed by atoms with Crippen LogP contribution in [0.5, 0.6) is 0 Å². The summed E-state index contributed by atoms with van der Waals surface area (Å²) in [6, 6.07) is 0. The largest absolute Gasteiger partial charge is 0.472 e. The zero-order valence-electron chi connectivity index (χ0n) is 61.6. The Bertz CT molecular complexity index is 1950. The van der Waals surface area contributed by atoms with Crippen LogP contribution in [-0.4, -0.2) is 96.7 Å². The Balaban J connectivity index is 5.32. The summed E-state index contributed by atoms with van der Waals surface area (Å²) in [5.74, 6) is 0.202. The normalized spacial score (nSPS) is 14.8. The quantitative estimate of drug-likeness (QED) is 0.0169. The Morgan fingerprint density at radius 1 is 0.347 bits per heavy atom. The molecule has 0 radical (unpaired) electrons. The van der Waals surface area contributed by atoms with Crippen LogP contribution in [0, 0.1) is 17.8 Å². The van der Waals surface area contributed by atoms with Gasteiger partial charge in [-0.05, 0) is 69.1 Å². The van der Waals surface area contributed by atoms with Crippen molar-refractivity contribution in [1.29, 1.82) is 0 Å². The van der Waals surface area contributed by atoms with Crippen molar-refractivity contribution in [3.63, 3.8) is 0 Å². The highest BCUT2D eigenvalue weighted by Gasteiger charge is 2.30. The van der Waals surface area contributed by atoms with E-state index in [4.69, 9.17) is 37.0 Å². The highest BCUT2D eigenvalue weighted by atomic mass is 31.2.